The molecule has 0 spiro atoms. The van der Waals surface area contributed by atoms with Crippen molar-refractivity contribution in [3.63, 3.8) is 0 Å². The van der Waals surface area contributed by atoms with Crippen LogP contribution in [-0.4, -0.2) is 18.6 Å². The van der Waals surface area contributed by atoms with Crippen molar-refractivity contribution in [3.05, 3.63) is 69.9 Å². The summed E-state index contributed by atoms with van der Waals surface area (Å²) in [6.07, 6.45) is 0. The summed E-state index contributed by atoms with van der Waals surface area (Å²) in [7, 11) is 0. The lowest BCUT2D eigenvalue weighted by atomic mass is 9.89. The fourth-order valence-electron chi connectivity index (χ4n) is 3.09. The molecule has 2 aromatic carbocycles. The fourth-order valence-corrected chi connectivity index (χ4v) is 3.22. The Labute approximate surface area is 154 Å². The molecular weight excluding hydrogens is 356 g/mol. The van der Waals surface area contributed by atoms with Gasteiger partial charge in [0.25, 0.3) is 0 Å². The second-order valence-corrected chi connectivity index (χ2v) is 6.46. The minimum absolute atomic E-state index is 0.156. The molecule has 2 aliphatic rings. The fraction of sp³-hybridized carbons (Fsp3) is 0.158. The zero-order chi connectivity index (χ0) is 18.3. The van der Waals surface area contributed by atoms with E-state index in [0.717, 1.165) is 5.56 Å². The molecule has 2 aliphatic heterocycles. The molecule has 0 radical (unpaired) electrons. The number of carbonyl (C=O) groups excluding carboxylic acids is 2. The van der Waals surface area contributed by atoms with Crippen molar-refractivity contribution in [1.82, 2.24) is 10.6 Å². The first-order chi connectivity index (χ1) is 12.5. The Morgan fingerprint density at radius 2 is 1.85 bits per heavy atom. The molecule has 132 valence electrons. The number of carbonyl (C=O) groups is 2. The maximum Gasteiger partial charge on any atom is 0.319 e. The number of hydrogen-bond donors (Lipinski definition) is 2. The Bertz CT molecular complexity index is 937. The average molecular weight is 371 g/mol. The highest BCUT2D eigenvalue weighted by molar-refractivity contribution is 6.30. The summed E-state index contributed by atoms with van der Waals surface area (Å²) in [5.74, 6) is 1.04. The molecule has 1 unspecified atom stereocenters. The molecule has 26 heavy (non-hydrogen) atoms. The number of urea groups is 1. The molecule has 0 fully saturated rings. The van der Waals surface area contributed by atoms with Crippen molar-refractivity contribution < 1.29 is 19.1 Å². The summed E-state index contributed by atoms with van der Waals surface area (Å²) in [5, 5.41) is 6.04. The first-order valence-corrected chi connectivity index (χ1v) is 8.39. The highest BCUT2D eigenvalue weighted by Crippen LogP contribution is 2.37. The Kier molecular flexibility index (Phi) is 4.05. The molecule has 0 aromatic heterocycles. The van der Waals surface area contributed by atoms with Gasteiger partial charge in [-0.15, -0.1) is 0 Å². The lowest BCUT2D eigenvalue weighted by Crippen LogP contribution is -2.45. The smallest absolute Gasteiger partial charge is 0.319 e. The largest absolute Gasteiger partial charge is 0.454 e. The molecule has 4 rings (SSSR count). The van der Waals surface area contributed by atoms with Crippen molar-refractivity contribution in [1.29, 1.82) is 0 Å². The van der Waals surface area contributed by atoms with Crippen LogP contribution in [0.1, 0.15) is 28.9 Å². The topological polar surface area (TPSA) is 76.7 Å². The number of allylic oxidation sites excluding steroid dienone is 1. The van der Waals surface area contributed by atoms with Crippen molar-refractivity contribution in [2.24, 2.45) is 0 Å². The molecule has 7 heteroatoms. The zero-order valence-corrected chi connectivity index (χ0v) is 14.6. The second kappa shape index (κ2) is 6.38. The van der Waals surface area contributed by atoms with Gasteiger partial charge in [0, 0.05) is 21.9 Å². The van der Waals surface area contributed by atoms with E-state index in [1.807, 2.05) is 6.07 Å². The van der Waals surface area contributed by atoms with E-state index in [1.54, 1.807) is 43.3 Å². The van der Waals surface area contributed by atoms with Crippen LogP contribution in [0.3, 0.4) is 0 Å². The van der Waals surface area contributed by atoms with Gasteiger partial charge in [0.1, 0.15) is 0 Å². The van der Waals surface area contributed by atoms with E-state index in [1.165, 1.54) is 0 Å². The van der Waals surface area contributed by atoms with E-state index >= 15 is 0 Å². The van der Waals surface area contributed by atoms with Gasteiger partial charge in [0.05, 0.1) is 6.04 Å². The Morgan fingerprint density at radius 3 is 2.62 bits per heavy atom. The predicted molar refractivity (Wildman–Crippen MR) is 95.5 cm³/mol. The summed E-state index contributed by atoms with van der Waals surface area (Å²) in [6, 6.07) is 11.1. The van der Waals surface area contributed by atoms with E-state index in [0.29, 0.717) is 33.4 Å². The number of halogens is 1. The number of ketones is 1. The number of amides is 2. The van der Waals surface area contributed by atoms with Gasteiger partial charge in [0.2, 0.25) is 6.79 Å². The van der Waals surface area contributed by atoms with Gasteiger partial charge in [-0.25, -0.2) is 4.79 Å². The highest BCUT2D eigenvalue weighted by Gasteiger charge is 2.32. The third-order valence-electron chi connectivity index (χ3n) is 4.35. The molecule has 0 saturated carbocycles. The van der Waals surface area contributed by atoms with Crippen molar-refractivity contribution in [3.8, 4) is 11.5 Å². The molecular formula is C19H15ClN2O4. The second-order valence-electron chi connectivity index (χ2n) is 6.02. The van der Waals surface area contributed by atoms with E-state index in [2.05, 4.69) is 10.6 Å². The summed E-state index contributed by atoms with van der Waals surface area (Å²) in [5.41, 5.74) is 2.20. The number of nitrogens with one attached hydrogen (secondary N) is 2. The zero-order valence-electron chi connectivity index (χ0n) is 13.8. The van der Waals surface area contributed by atoms with Gasteiger partial charge in [-0.3, -0.25) is 4.79 Å². The maximum absolute atomic E-state index is 13.1. The number of ether oxygens (including phenoxy) is 2. The Hall–Kier alpha value is -2.99. The normalized spacial score (nSPS) is 18.4. The molecule has 0 saturated heterocycles. The van der Waals surface area contributed by atoms with Crippen LogP contribution in [-0.2, 0) is 0 Å². The lowest BCUT2D eigenvalue weighted by Gasteiger charge is -2.28. The molecule has 1 atom stereocenters. The lowest BCUT2D eigenvalue weighted by molar-refractivity contribution is 0.102. The average Bonchev–Trinajstić information content (AvgIpc) is 3.09. The van der Waals surface area contributed by atoms with Crippen LogP contribution in [0.4, 0.5) is 4.79 Å². The first-order valence-electron chi connectivity index (χ1n) is 8.01. The first kappa shape index (κ1) is 16.5. The number of benzene rings is 2. The minimum atomic E-state index is -0.596. The number of fused-ring (bicyclic) bond motifs is 1. The molecule has 2 N–H and O–H groups in total. The number of Topliss-reactive ketones (excluding diaryl/α,β-unsaturated/α-hetero) is 1. The van der Waals surface area contributed by atoms with Gasteiger partial charge in [-0.2, -0.15) is 0 Å². The van der Waals surface area contributed by atoms with E-state index in [9.17, 15) is 9.59 Å². The van der Waals surface area contributed by atoms with Crippen LogP contribution in [0.15, 0.2) is 53.7 Å². The molecule has 0 bridgehead atoms. The standard InChI is InChI=1S/C19H15ClN2O4/c1-10-16(18(23)11-2-5-13(20)6-3-11)17(22-19(24)21-10)12-4-7-14-15(8-12)26-9-25-14/h2-8,17H,9H2,1H3,(H2,21,22,24). The monoisotopic (exact) mass is 370 g/mol. The van der Waals surface area contributed by atoms with Crippen LogP contribution in [0.2, 0.25) is 5.02 Å². The number of hydrogen-bond acceptors (Lipinski definition) is 4. The van der Waals surface area contributed by atoms with Crippen LogP contribution in [0.25, 0.3) is 0 Å². The predicted octanol–water partition coefficient (Wildman–Crippen LogP) is 3.58. The highest BCUT2D eigenvalue weighted by atomic mass is 35.5. The van der Waals surface area contributed by atoms with Crippen molar-refractivity contribution in [2.45, 2.75) is 13.0 Å². The van der Waals surface area contributed by atoms with Gasteiger partial charge in [0.15, 0.2) is 17.3 Å². The van der Waals surface area contributed by atoms with Gasteiger partial charge in [-0.05, 0) is 48.9 Å². The van der Waals surface area contributed by atoms with E-state index in [-0.39, 0.29) is 18.6 Å². The quantitative estimate of drug-likeness (QED) is 0.810. The summed E-state index contributed by atoms with van der Waals surface area (Å²) in [6.45, 7) is 1.87. The van der Waals surface area contributed by atoms with Gasteiger partial charge < -0.3 is 20.1 Å². The summed E-state index contributed by atoms with van der Waals surface area (Å²) in [4.78, 5) is 25.1. The molecule has 6 nitrogen and oxygen atoms in total. The Balaban J connectivity index is 1.76. The van der Waals surface area contributed by atoms with Crippen LogP contribution < -0.4 is 20.1 Å². The van der Waals surface area contributed by atoms with E-state index < -0.39 is 6.04 Å². The van der Waals surface area contributed by atoms with Crippen LogP contribution >= 0.6 is 11.6 Å². The van der Waals surface area contributed by atoms with Gasteiger partial charge in [-0.1, -0.05) is 17.7 Å². The van der Waals surface area contributed by atoms with Crippen LogP contribution in [0.5, 0.6) is 11.5 Å². The minimum Gasteiger partial charge on any atom is -0.454 e. The van der Waals surface area contributed by atoms with E-state index in [4.69, 9.17) is 21.1 Å². The molecule has 2 heterocycles. The third kappa shape index (κ3) is 2.88. The molecule has 2 aromatic rings. The van der Waals surface area contributed by atoms with Gasteiger partial charge >= 0.3 is 6.03 Å². The summed E-state index contributed by atoms with van der Waals surface area (Å²) >= 11 is 5.91. The molecule has 2 amide bonds. The Morgan fingerprint density at radius 1 is 1.12 bits per heavy atom. The maximum atomic E-state index is 13.1. The van der Waals surface area contributed by atoms with Crippen molar-refractivity contribution in [2.75, 3.05) is 6.79 Å². The summed E-state index contributed by atoms with van der Waals surface area (Å²) < 4.78 is 10.7. The molecule has 0 aliphatic carbocycles. The SMILES string of the molecule is CC1=C(C(=O)c2ccc(Cl)cc2)C(c2ccc3c(c2)OCO3)NC(=O)N1. The van der Waals surface area contributed by atoms with Crippen LogP contribution in [0, 0.1) is 0 Å². The van der Waals surface area contributed by atoms with Crippen molar-refractivity contribution >= 4 is 23.4 Å². The third-order valence-corrected chi connectivity index (χ3v) is 4.60. The number of rotatable bonds is 3.